The lowest BCUT2D eigenvalue weighted by molar-refractivity contribution is 0.0984. The molecular formula is C20H21ClFN3OS. The van der Waals surface area contributed by atoms with Crippen molar-refractivity contribution < 1.29 is 9.18 Å². The fourth-order valence-electron chi connectivity index (χ4n) is 2.83. The Kier molecular flexibility index (Phi) is 6.42. The van der Waals surface area contributed by atoms with Crippen LogP contribution >= 0.6 is 22.9 Å². The molecule has 1 amide bonds. The van der Waals surface area contributed by atoms with Gasteiger partial charge in [-0.1, -0.05) is 42.9 Å². The number of fused-ring (bicyclic) bond motifs is 1. The summed E-state index contributed by atoms with van der Waals surface area (Å²) in [6, 6.07) is 11.6. The van der Waals surface area contributed by atoms with Gasteiger partial charge in [0.05, 0.1) is 4.70 Å². The number of aromatic nitrogens is 1. The SMILES string of the molecule is CCN(CC)CCN(C(=O)c1ccc(Cl)cc1)c1nc2c(F)cccc2s1. The van der Waals surface area contributed by atoms with E-state index in [0.717, 1.165) is 17.8 Å². The highest BCUT2D eigenvalue weighted by atomic mass is 35.5. The minimum atomic E-state index is -0.377. The van der Waals surface area contributed by atoms with Gasteiger partial charge in [0.2, 0.25) is 0 Å². The minimum absolute atomic E-state index is 0.168. The molecule has 27 heavy (non-hydrogen) atoms. The lowest BCUT2D eigenvalue weighted by Gasteiger charge is -2.24. The molecule has 4 nitrogen and oxygen atoms in total. The van der Waals surface area contributed by atoms with Crippen LogP contribution in [-0.4, -0.2) is 42.0 Å². The number of hydrogen-bond donors (Lipinski definition) is 0. The number of hydrogen-bond acceptors (Lipinski definition) is 4. The lowest BCUT2D eigenvalue weighted by Crippen LogP contribution is -2.38. The fraction of sp³-hybridized carbons (Fsp3) is 0.300. The first kappa shape index (κ1) is 19.7. The number of para-hydroxylation sites is 1. The lowest BCUT2D eigenvalue weighted by atomic mass is 10.2. The van der Waals surface area contributed by atoms with Crippen LogP contribution in [0.5, 0.6) is 0 Å². The Hall–Kier alpha value is -2.02. The van der Waals surface area contributed by atoms with E-state index in [-0.39, 0.29) is 11.7 Å². The van der Waals surface area contributed by atoms with E-state index in [1.807, 2.05) is 6.07 Å². The van der Waals surface area contributed by atoms with Crippen molar-refractivity contribution in [2.75, 3.05) is 31.1 Å². The third-order valence-corrected chi connectivity index (χ3v) is 5.76. The summed E-state index contributed by atoms with van der Waals surface area (Å²) >= 11 is 7.26. The van der Waals surface area contributed by atoms with Crippen molar-refractivity contribution >= 4 is 44.2 Å². The summed E-state index contributed by atoms with van der Waals surface area (Å²) in [7, 11) is 0. The minimum Gasteiger partial charge on any atom is -0.302 e. The Morgan fingerprint density at radius 1 is 1.11 bits per heavy atom. The molecule has 0 N–H and O–H groups in total. The number of rotatable bonds is 7. The van der Waals surface area contributed by atoms with Crippen molar-refractivity contribution in [2.24, 2.45) is 0 Å². The molecule has 1 heterocycles. The van der Waals surface area contributed by atoms with Crippen molar-refractivity contribution in [1.29, 1.82) is 0 Å². The van der Waals surface area contributed by atoms with E-state index in [2.05, 4.69) is 23.7 Å². The Labute approximate surface area is 167 Å². The highest BCUT2D eigenvalue weighted by Crippen LogP contribution is 2.31. The Bertz CT molecular complexity index is 925. The zero-order valence-corrected chi connectivity index (χ0v) is 16.9. The van der Waals surface area contributed by atoms with Gasteiger partial charge >= 0.3 is 0 Å². The number of benzene rings is 2. The summed E-state index contributed by atoms with van der Waals surface area (Å²) in [5.74, 6) is -0.545. The number of nitrogens with zero attached hydrogens (tertiary/aromatic N) is 3. The molecule has 2 aromatic carbocycles. The molecule has 0 bridgehead atoms. The van der Waals surface area contributed by atoms with Crippen LogP contribution in [0, 0.1) is 5.82 Å². The third-order valence-electron chi connectivity index (χ3n) is 4.46. The highest BCUT2D eigenvalue weighted by Gasteiger charge is 2.22. The zero-order valence-electron chi connectivity index (χ0n) is 15.3. The topological polar surface area (TPSA) is 36.4 Å². The standard InChI is InChI=1S/C20H21ClFN3OS/c1-3-24(4-2)12-13-25(19(26)14-8-10-15(21)11-9-14)20-23-18-16(22)6-5-7-17(18)27-20/h5-11H,3-4,12-13H2,1-2H3. The van der Waals surface area contributed by atoms with Gasteiger partial charge in [0, 0.05) is 23.7 Å². The molecule has 0 saturated carbocycles. The van der Waals surface area contributed by atoms with Crippen LogP contribution < -0.4 is 4.90 Å². The fourth-order valence-corrected chi connectivity index (χ4v) is 3.96. The van der Waals surface area contributed by atoms with Gasteiger partial charge in [-0.25, -0.2) is 9.37 Å². The molecule has 3 rings (SSSR count). The molecule has 0 fully saturated rings. The average molecular weight is 406 g/mol. The molecule has 0 saturated heterocycles. The van der Waals surface area contributed by atoms with Crippen molar-refractivity contribution in [3.05, 3.63) is 58.9 Å². The Balaban J connectivity index is 1.96. The summed E-state index contributed by atoms with van der Waals surface area (Å²) in [4.78, 5) is 21.4. The van der Waals surface area contributed by atoms with E-state index in [1.54, 1.807) is 35.2 Å². The van der Waals surface area contributed by atoms with Crippen molar-refractivity contribution in [3.8, 4) is 0 Å². The Morgan fingerprint density at radius 3 is 2.44 bits per heavy atom. The van der Waals surface area contributed by atoms with E-state index >= 15 is 0 Å². The maximum Gasteiger partial charge on any atom is 0.260 e. The second-order valence-electron chi connectivity index (χ2n) is 6.07. The van der Waals surface area contributed by atoms with Gasteiger partial charge < -0.3 is 4.90 Å². The van der Waals surface area contributed by atoms with E-state index < -0.39 is 0 Å². The van der Waals surface area contributed by atoms with Gasteiger partial charge in [0.15, 0.2) is 5.13 Å². The Morgan fingerprint density at radius 2 is 1.81 bits per heavy atom. The van der Waals surface area contributed by atoms with Gasteiger partial charge in [0.25, 0.3) is 5.91 Å². The quantitative estimate of drug-likeness (QED) is 0.550. The average Bonchev–Trinajstić information content (AvgIpc) is 3.11. The van der Waals surface area contributed by atoms with Crippen LogP contribution in [0.25, 0.3) is 10.2 Å². The predicted octanol–water partition coefficient (Wildman–Crippen LogP) is 5.08. The van der Waals surface area contributed by atoms with E-state index in [4.69, 9.17) is 11.6 Å². The molecule has 0 radical (unpaired) electrons. The molecule has 0 atom stereocenters. The van der Waals surface area contributed by atoms with E-state index in [1.165, 1.54) is 17.4 Å². The normalized spacial score (nSPS) is 11.3. The summed E-state index contributed by atoms with van der Waals surface area (Å²) in [5.41, 5.74) is 0.827. The first-order valence-corrected chi connectivity index (χ1v) is 10.1. The van der Waals surface area contributed by atoms with Crippen molar-refractivity contribution in [2.45, 2.75) is 13.8 Å². The number of halogens is 2. The molecule has 7 heteroatoms. The number of amides is 1. The summed E-state index contributed by atoms with van der Waals surface area (Å²) in [6.07, 6.45) is 0. The maximum atomic E-state index is 14.1. The van der Waals surface area contributed by atoms with Crippen molar-refractivity contribution in [3.63, 3.8) is 0 Å². The molecule has 0 aliphatic rings. The molecule has 0 spiro atoms. The number of carbonyl (C=O) groups excluding carboxylic acids is 1. The van der Waals surface area contributed by atoms with Crippen molar-refractivity contribution in [1.82, 2.24) is 9.88 Å². The van der Waals surface area contributed by atoms with Crippen LogP contribution in [0.2, 0.25) is 5.02 Å². The van der Waals surface area contributed by atoms with Crippen LogP contribution in [0.4, 0.5) is 9.52 Å². The van der Waals surface area contributed by atoms with Gasteiger partial charge in [-0.15, -0.1) is 0 Å². The molecular weight excluding hydrogens is 385 g/mol. The van der Waals surface area contributed by atoms with E-state index in [0.29, 0.717) is 34.3 Å². The second-order valence-corrected chi connectivity index (χ2v) is 7.52. The van der Waals surface area contributed by atoms with Gasteiger partial charge in [0.1, 0.15) is 11.3 Å². The largest absolute Gasteiger partial charge is 0.302 e. The second kappa shape index (κ2) is 8.78. The smallest absolute Gasteiger partial charge is 0.260 e. The molecule has 0 unspecified atom stereocenters. The van der Waals surface area contributed by atoms with Gasteiger partial charge in [-0.2, -0.15) is 0 Å². The van der Waals surface area contributed by atoms with Crippen LogP contribution in [0.15, 0.2) is 42.5 Å². The highest BCUT2D eigenvalue weighted by molar-refractivity contribution is 7.22. The summed E-state index contributed by atoms with van der Waals surface area (Å²) < 4.78 is 14.8. The molecule has 1 aromatic heterocycles. The third kappa shape index (κ3) is 4.46. The van der Waals surface area contributed by atoms with Crippen LogP contribution in [0.3, 0.4) is 0 Å². The zero-order chi connectivity index (χ0) is 19.4. The summed E-state index contributed by atoms with van der Waals surface area (Å²) in [5, 5.41) is 1.07. The molecule has 3 aromatic rings. The first-order valence-electron chi connectivity index (χ1n) is 8.88. The summed E-state index contributed by atoms with van der Waals surface area (Å²) in [6.45, 7) is 7.15. The maximum absolute atomic E-state index is 14.1. The van der Waals surface area contributed by atoms with Crippen LogP contribution in [0.1, 0.15) is 24.2 Å². The van der Waals surface area contributed by atoms with Crippen LogP contribution in [-0.2, 0) is 0 Å². The monoisotopic (exact) mass is 405 g/mol. The number of thiazole rings is 1. The van der Waals surface area contributed by atoms with Gasteiger partial charge in [-0.3, -0.25) is 9.69 Å². The number of anilines is 1. The molecule has 142 valence electrons. The van der Waals surface area contributed by atoms with Gasteiger partial charge in [-0.05, 0) is 49.5 Å². The predicted molar refractivity (Wildman–Crippen MR) is 110 cm³/mol. The number of carbonyl (C=O) groups is 1. The molecule has 0 aliphatic heterocycles. The first-order chi connectivity index (χ1) is 13.0. The van der Waals surface area contributed by atoms with E-state index in [9.17, 15) is 9.18 Å². The number of likely N-dealkylation sites (N-methyl/N-ethyl adjacent to an activating group) is 1. The molecule has 0 aliphatic carbocycles.